The smallest absolute Gasteiger partial charge is 0.00644 e. The predicted octanol–water partition coefficient (Wildman–Crippen LogP) is 3.19. The van der Waals surface area contributed by atoms with Crippen LogP contribution >= 0.6 is 0 Å². The van der Waals surface area contributed by atoms with Gasteiger partial charge in [-0.2, -0.15) is 0 Å². The van der Waals surface area contributed by atoms with Crippen LogP contribution in [0.4, 0.5) is 0 Å². The van der Waals surface area contributed by atoms with Crippen molar-refractivity contribution in [2.75, 3.05) is 0 Å². The summed E-state index contributed by atoms with van der Waals surface area (Å²) in [5.74, 6) is 1.52. The Bertz CT molecular complexity index is 99.2. The highest BCUT2D eigenvalue weighted by Gasteiger charge is 2.09. The van der Waals surface area contributed by atoms with Crippen molar-refractivity contribution in [1.82, 2.24) is 0 Å². The zero-order chi connectivity index (χ0) is 9.56. The second-order valence-corrected chi connectivity index (χ2v) is 4.37. The molecule has 1 nitrogen and oxygen atoms in total. The van der Waals surface area contributed by atoms with Crippen molar-refractivity contribution < 1.29 is 0 Å². The molecule has 0 rings (SSSR count). The quantitative estimate of drug-likeness (QED) is 0.652. The Morgan fingerprint density at radius 1 is 1.08 bits per heavy atom. The number of hydrogen-bond acceptors (Lipinski definition) is 1. The van der Waals surface area contributed by atoms with E-state index in [0.29, 0.717) is 12.0 Å². The maximum Gasteiger partial charge on any atom is 0.00644 e. The van der Waals surface area contributed by atoms with Crippen molar-refractivity contribution in [3.63, 3.8) is 0 Å². The lowest BCUT2D eigenvalue weighted by Gasteiger charge is -2.18. The SMILES string of the molecule is CCC(C)C(N)CCCC(C)C. The van der Waals surface area contributed by atoms with Crippen molar-refractivity contribution in [2.45, 2.75) is 59.4 Å². The summed E-state index contributed by atoms with van der Waals surface area (Å²) in [5.41, 5.74) is 6.01. The minimum absolute atomic E-state index is 0.425. The van der Waals surface area contributed by atoms with E-state index in [0.717, 1.165) is 5.92 Å². The molecule has 0 aromatic heterocycles. The van der Waals surface area contributed by atoms with Crippen molar-refractivity contribution in [3.8, 4) is 0 Å². The Morgan fingerprint density at radius 3 is 2.08 bits per heavy atom. The molecule has 12 heavy (non-hydrogen) atoms. The van der Waals surface area contributed by atoms with E-state index >= 15 is 0 Å². The third-order valence-electron chi connectivity index (χ3n) is 2.69. The van der Waals surface area contributed by atoms with Crippen molar-refractivity contribution in [2.24, 2.45) is 17.6 Å². The highest BCUT2D eigenvalue weighted by atomic mass is 14.6. The molecule has 0 radical (unpaired) electrons. The molecule has 0 aliphatic carbocycles. The van der Waals surface area contributed by atoms with E-state index in [-0.39, 0.29) is 0 Å². The molecule has 0 aliphatic rings. The van der Waals surface area contributed by atoms with Gasteiger partial charge in [0.2, 0.25) is 0 Å². The van der Waals surface area contributed by atoms with Crippen LogP contribution in [-0.2, 0) is 0 Å². The van der Waals surface area contributed by atoms with Crippen LogP contribution in [0.3, 0.4) is 0 Å². The molecular formula is C11H25N. The second kappa shape index (κ2) is 6.47. The van der Waals surface area contributed by atoms with Crippen LogP contribution in [0.5, 0.6) is 0 Å². The molecule has 0 aliphatic heterocycles. The molecule has 0 amide bonds. The Kier molecular flexibility index (Phi) is 6.45. The molecule has 1 heteroatoms. The van der Waals surface area contributed by atoms with E-state index < -0.39 is 0 Å². The third-order valence-corrected chi connectivity index (χ3v) is 2.69. The molecule has 0 bridgehead atoms. The van der Waals surface area contributed by atoms with Crippen LogP contribution < -0.4 is 5.73 Å². The van der Waals surface area contributed by atoms with Crippen molar-refractivity contribution >= 4 is 0 Å². The molecule has 0 fully saturated rings. The second-order valence-electron chi connectivity index (χ2n) is 4.37. The van der Waals surface area contributed by atoms with Crippen molar-refractivity contribution in [3.05, 3.63) is 0 Å². The Hall–Kier alpha value is -0.0400. The van der Waals surface area contributed by atoms with Gasteiger partial charge in [0.15, 0.2) is 0 Å². The molecule has 0 saturated carbocycles. The van der Waals surface area contributed by atoms with Crippen LogP contribution in [0.2, 0.25) is 0 Å². The largest absolute Gasteiger partial charge is 0.327 e. The standard InChI is InChI=1S/C11H25N/c1-5-10(4)11(12)8-6-7-9(2)3/h9-11H,5-8,12H2,1-4H3. The number of hydrogen-bond donors (Lipinski definition) is 1. The van der Waals surface area contributed by atoms with E-state index in [2.05, 4.69) is 27.7 Å². The molecule has 0 saturated heterocycles. The highest BCUT2D eigenvalue weighted by molar-refractivity contribution is 4.67. The van der Waals surface area contributed by atoms with Gasteiger partial charge in [-0.15, -0.1) is 0 Å². The van der Waals surface area contributed by atoms with Gasteiger partial charge < -0.3 is 5.73 Å². The van der Waals surface area contributed by atoms with E-state index in [1.807, 2.05) is 0 Å². The predicted molar refractivity (Wildman–Crippen MR) is 56.1 cm³/mol. The molecule has 74 valence electrons. The third kappa shape index (κ3) is 5.59. The Morgan fingerprint density at radius 2 is 1.67 bits per heavy atom. The van der Waals surface area contributed by atoms with Gasteiger partial charge in [0, 0.05) is 6.04 Å². The van der Waals surface area contributed by atoms with Gasteiger partial charge >= 0.3 is 0 Å². The molecule has 0 aromatic rings. The fraction of sp³-hybridized carbons (Fsp3) is 1.00. The summed E-state index contributed by atoms with van der Waals surface area (Å²) in [5, 5.41) is 0. The Balaban J connectivity index is 3.37. The lowest BCUT2D eigenvalue weighted by atomic mass is 9.94. The van der Waals surface area contributed by atoms with Gasteiger partial charge in [0.1, 0.15) is 0 Å². The summed E-state index contributed by atoms with van der Waals surface area (Å²) in [6, 6.07) is 0.425. The van der Waals surface area contributed by atoms with Gasteiger partial charge in [0.25, 0.3) is 0 Å². The van der Waals surface area contributed by atoms with Crippen LogP contribution in [0.25, 0.3) is 0 Å². The average molecular weight is 171 g/mol. The highest BCUT2D eigenvalue weighted by Crippen LogP contribution is 2.13. The first kappa shape index (κ1) is 12.0. The fourth-order valence-corrected chi connectivity index (χ4v) is 1.35. The summed E-state index contributed by atoms with van der Waals surface area (Å²) < 4.78 is 0. The average Bonchev–Trinajstić information content (AvgIpc) is 2.02. The van der Waals surface area contributed by atoms with Crippen LogP contribution in [0.15, 0.2) is 0 Å². The summed E-state index contributed by atoms with van der Waals surface area (Å²) in [6.45, 7) is 9.01. The summed E-state index contributed by atoms with van der Waals surface area (Å²) in [4.78, 5) is 0. The monoisotopic (exact) mass is 171 g/mol. The summed E-state index contributed by atoms with van der Waals surface area (Å²) >= 11 is 0. The maximum absolute atomic E-state index is 6.01. The van der Waals surface area contributed by atoms with Gasteiger partial charge in [-0.3, -0.25) is 0 Å². The summed E-state index contributed by atoms with van der Waals surface area (Å²) in [7, 11) is 0. The lowest BCUT2D eigenvalue weighted by molar-refractivity contribution is 0.394. The normalized spacial score (nSPS) is 16.5. The maximum atomic E-state index is 6.01. The fourth-order valence-electron chi connectivity index (χ4n) is 1.35. The minimum atomic E-state index is 0.425. The van der Waals surface area contributed by atoms with E-state index in [1.165, 1.54) is 25.7 Å². The van der Waals surface area contributed by atoms with Crippen LogP contribution in [0, 0.1) is 11.8 Å². The van der Waals surface area contributed by atoms with E-state index in [9.17, 15) is 0 Å². The van der Waals surface area contributed by atoms with Gasteiger partial charge in [-0.05, 0) is 18.3 Å². The summed E-state index contributed by atoms with van der Waals surface area (Å²) in [6.07, 6.45) is 5.03. The topological polar surface area (TPSA) is 26.0 Å². The zero-order valence-corrected chi connectivity index (χ0v) is 9.14. The molecule has 2 atom stereocenters. The lowest BCUT2D eigenvalue weighted by Crippen LogP contribution is -2.27. The van der Waals surface area contributed by atoms with Gasteiger partial charge in [-0.1, -0.05) is 47.0 Å². The Labute approximate surface area is 77.7 Å². The van der Waals surface area contributed by atoms with E-state index in [4.69, 9.17) is 5.73 Å². The molecule has 0 aromatic carbocycles. The van der Waals surface area contributed by atoms with Crippen LogP contribution in [-0.4, -0.2) is 6.04 Å². The van der Waals surface area contributed by atoms with Gasteiger partial charge in [-0.25, -0.2) is 0 Å². The zero-order valence-electron chi connectivity index (χ0n) is 9.14. The number of nitrogens with two attached hydrogens (primary N) is 1. The molecule has 0 heterocycles. The number of rotatable bonds is 6. The van der Waals surface area contributed by atoms with Crippen LogP contribution in [0.1, 0.15) is 53.4 Å². The minimum Gasteiger partial charge on any atom is -0.327 e. The first-order valence-corrected chi connectivity index (χ1v) is 5.33. The molecule has 2 unspecified atom stereocenters. The first-order chi connectivity index (χ1) is 5.57. The first-order valence-electron chi connectivity index (χ1n) is 5.33. The van der Waals surface area contributed by atoms with Gasteiger partial charge in [0.05, 0.1) is 0 Å². The molecule has 2 N–H and O–H groups in total. The van der Waals surface area contributed by atoms with E-state index in [1.54, 1.807) is 0 Å². The van der Waals surface area contributed by atoms with Crippen molar-refractivity contribution in [1.29, 1.82) is 0 Å². The molecular weight excluding hydrogens is 146 g/mol. The molecule has 0 spiro atoms.